The second-order valence-corrected chi connectivity index (χ2v) is 7.02. The second kappa shape index (κ2) is 8.70. The lowest BCUT2D eigenvalue weighted by Gasteiger charge is -2.24. The Hall–Kier alpha value is -1.84. The molecule has 0 radical (unpaired) electrons. The van der Waals surface area contributed by atoms with E-state index in [-0.39, 0.29) is 18.4 Å². The molecular weight excluding hydrogens is 290 g/mol. The van der Waals surface area contributed by atoms with Crippen molar-refractivity contribution in [2.24, 2.45) is 5.92 Å². The molecule has 0 saturated heterocycles. The van der Waals surface area contributed by atoms with E-state index in [0.717, 1.165) is 12.0 Å². The monoisotopic (exact) mass is 319 g/mol. The molecule has 23 heavy (non-hydrogen) atoms. The van der Waals surface area contributed by atoms with Gasteiger partial charge < -0.3 is 10.1 Å². The zero-order chi connectivity index (χ0) is 17.5. The van der Waals surface area contributed by atoms with Gasteiger partial charge >= 0.3 is 5.97 Å². The zero-order valence-electron chi connectivity index (χ0n) is 14.9. The summed E-state index contributed by atoms with van der Waals surface area (Å²) in [6.07, 6.45) is 1.44. The molecule has 2 atom stereocenters. The van der Waals surface area contributed by atoms with Crippen molar-refractivity contribution >= 4 is 11.9 Å². The molecule has 128 valence electrons. The molecule has 1 amide bonds. The van der Waals surface area contributed by atoms with Gasteiger partial charge in [-0.05, 0) is 32.3 Å². The first-order chi connectivity index (χ1) is 10.7. The largest absolute Gasteiger partial charge is 0.459 e. The Kier molecular flexibility index (Phi) is 7.27. The van der Waals surface area contributed by atoms with Gasteiger partial charge in [-0.3, -0.25) is 9.59 Å². The van der Waals surface area contributed by atoms with Crippen LogP contribution in [0, 0.1) is 5.92 Å². The van der Waals surface area contributed by atoms with Crippen molar-refractivity contribution < 1.29 is 14.3 Å². The molecule has 4 heteroatoms. The first kappa shape index (κ1) is 19.2. The minimum atomic E-state index is -0.551. The Bertz CT molecular complexity index is 505. The quantitative estimate of drug-likeness (QED) is 0.780. The van der Waals surface area contributed by atoms with Gasteiger partial charge in [-0.25, -0.2) is 0 Å². The highest BCUT2D eigenvalue weighted by atomic mass is 16.6. The number of esters is 1. The molecule has 2 unspecified atom stereocenters. The minimum absolute atomic E-state index is 0.0242. The van der Waals surface area contributed by atoms with E-state index in [1.165, 1.54) is 0 Å². The van der Waals surface area contributed by atoms with Gasteiger partial charge in [0.05, 0.1) is 5.92 Å². The Morgan fingerprint density at radius 2 is 1.78 bits per heavy atom. The average Bonchev–Trinajstić information content (AvgIpc) is 2.46. The van der Waals surface area contributed by atoms with E-state index in [4.69, 9.17) is 4.74 Å². The smallest absolute Gasteiger partial charge is 0.315 e. The molecule has 1 N–H and O–H groups in total. The van der Waals surface area contributed by atoms with E-state index in [1.807, 2.05) is 58.0 Å². The predicted octanol–water partition coefficient (Wildman–Crippen LogP) is 3.66. The van der Waals surface area contributed by atoms with Crippen LogP contribution in [0.3, 0.4) is 0 Å². The SMILES string of the molecule is CCC(C)CC(=O)NCC(C(=O)OC(C)(C)C)c1ccccc1. The third kappa shape index (κ3) is 7.31. The minimum Gasteiger partial charge on any atom is -0.459 e. The number of amides is 1. The summed E-state index contributed by atoms with van der Waals surface area (Å²) in [5.41, 5.74) is 0.302. The van der Waals surface area contributed by atoms with Crippen LogP contribution in [0.4, 0.5) is 0 Å². The van der Waals surface area contributed by atoms with Gasteiger partial charge in [0.25, 0.3) is 0 Å². The van der Waals surface area contributed by atoms with E-state index in [0.29, 0.717) is 12.3 Å². The van der Waals surface area contributed by atoms with Crippen LogP contribution in [-0.2, 0) is 14.3 Å². The molecule has 1 aromatic carbocycles. The van der Waals surface area contributed by atoms with Crippen LogP contribution >= 0.6 is 0 Å². The third-order valence-corrected chi connectivity index (χ3v) is 3.63. The number of nitrogens with one attached hydrogen (secondary N) is 1. The van der Waals surface area contributed by atoms with E-state index in [9.17, 15) is 9.59 Å². The van der Waals surface area contributed by atoms with Crippen LogP contribution in [0.1, 0.15) is 58.9 Å². The van der Waals surface area contributed by atoms with E-state index in [2.05, 4.69) is 12.2 Å². The molecular formula is C19H29NO3. The van der Waals surface area contributed by atoms with Gasteiger partial charge in [-0.2, -0.15) is 0 Å². The fourth-order valence-electron chi connectivity index (χ4n) is 2.14. The molecule has 0 aliphatic carbocycles. The highest BCUT2D eigenvalue weighted by molar-refractivity contribution is 5.81. The number of carbonyl (C=O) groups is 2. The van der Waals surface area contributed by atoms with Crippen molar-refractivity contribution in [1.29, 1.82) is 0 Å². The highest BCUT2D eigenvalue weighted by Gasteiger charge is 2.27. The van der Waals surface area contributed by atoms with Crippen molar-refractivity contribution in [2.75, 3.05) is 6.54 Å². The van der Waals surface area contributed by atoms with Crippen molar-refractivity contribution in [3.8, 4) is 0 Å². The van der Waals surface area contributed by atoms with Gasteiger partial charge in [0.15, 0.2) is 0 Å². The van der Waals surface area contributed by atoms with Crippen molar-refractivity contribution in [3.63, 3.8) is 0 Å². The molecule has 0 saturated carbocycles. The van der Waals surface area contributed by atoms with Gasteiger partial charge in [0.1, 0.15) is 5.60 Å². The summed E-state index contributed by atoms with van der Waals surface area (Å²) in [6, 6.07) is 9.43. The molecule has 1 aromatic rings. The lowest BCUT2D eigenvalue weighted by Crippen LogP contribution is -2.35. The highest BCUT2D eigenvalue weighted by Crippen LogP contribution is 2.20. The van der Waals surface area contributed by atoms with Gasteiger partial charge in [0.2, 0.25) is 5.91 Å². The van der Waals surface area contributed by atoms with E-state index in [1.54, 1.807) is 0 Å². The number of benzene rings is 1. The average molecular weight is 319 g/mol. The molecule has 1 rings (SSSR count). The Labute approximate surface area is 139 Å². The van der Waals surface area contributed by atoms with Crippen LogP contribution in [0.15, 0.2) is 30.3 Å². The summed E-state index contributed by atoms with van der Waals surface area (Å²) in [5, 5.41) is 2.87. The first-order valence-corrected chi connectivity index (χ1v) is 8.27. The molecule has 0 aromatic heterocycles. The maximum absolute atomic E-state index is 12.5. The number of carbonyl (C=O) groups excluding carboxylic acids is 2. The Morgan fingerprint density at radius 1 is 1.17 bits per heavy atom. The second-order valence-electron chi connectivity index (χ2n) is 7.02. The summed E-state index contributed by atoms with van der Waals surface area (Å²) >= 11 is 0. The summed E-state index contributed by atoms with van der Waals surface area (Å²) in [7, 11) is 0. The van der Waals surface area contributed by atoms with Crippen LogP contribution in [0.5, 0.6) is 0 Å². The van der Waals surface area contributed by atoms with Gasteiger partial charge in [0, 0.05) is 13.0 Å². The lowest BCUT2D eigenvalue weighted by molar-refractivity contribution is -0.156. The van der Waals surface area contributed by atoms with Crippen LogP contribution in [-0.4, -0.2) is 24.0 Å². The number of rotatable bonds is 7. The fraction of sp³-hybridized carbons (Fsp3) is 0.579. The van der Waals surface area contributed by atoms with E-state index < -0.39 is 11.5 Å². The normalized spacial score (nSPS) is 14.0. The number of ether oxygens (including phenoxy) is 1. The first-order valence-electron chi connectivity index (χ1n) is 8.27. The molecule has 0 fully saturated rings. The maximum atomic E-state index is 12.5. The summed E-state index contributed by atoms with van der Waals surface area (Å²) in [4.78, 5) is 24.5. The maximum Gasteiger partial charge on any atom is 0.315 e. The zero-order valence-corrected chi connectivity index (χ0v) is 14.9. The van der Waals surface area contributed by atoms with Crippen LogP contribution in [0.2, 0.25) is 0 Å². The molecule has 0 aliphatic heterocycles. The van der Waals surface area contributed by atoms with Gasteiger partial charge in [-0.15, -0.1) is 0 Å². The Morgan fingerprint density at radius 3 is 2.30 bits per heavy atom. The predicted molar refractivity (Wildman–Crippen MR) is 92.1 cm³/mol. The van der Waals surface area contributed by atoms with Crippen molar-refractivity contribution in [1.82, 2.24) is 5.32 Å². The molecule has 0 spiro atoms. The molecule has 0 bridgehead atoms. The summed E-state index contributed by atoms with van der Waals surface area (Å²) in [6.45, 7) is 9.89. The Balaban J connectivity index is 2.77. The topological polar surface area (TPSA) is 55.4 Å². The molecule has 0 aliphatic rings. The third-order valence-electron chi connectivity index (χ3n) is 3.63. The molecule has 4 nitrogen and oxygen atoms in total. The summed E-state index contributed by atoms with van der Waals surface area (Å²) in [5.74, 6) is -0.487. The lowest BCUT2D eigenvalue weighted by atomic mass is 9.98. The van der Waals surface area contributed by atoms with Crippen LogP contribution < -0.4 is 5.32 Å². The van der Waals surface area contributed by atoms with Gasteiger partial charge in [-0.1, -0.05) is 50.6 Å². The van der Waals surface area contributed by atoms with Crippen molar-refractivity contribution in [2.45, 2.75) is 59.0 Å². The molecule has 0 heterocycles. The summed E-state index contributed by atoms with van der Waals surface area (Å²) < 4.78 is 5.50. The van der Waals surface area contributed by atoms with E-state index >= 15 is 0 Å². The number of hydrogen-bond donors (Lipinski definition) is 1. The number of hydrogen-bond acceptors (Lipinski definition) is 3. The van der Waals surface area contributed by atoms with Crippen LogP contribution in [0.25, 0.3) is 0 Å². The fourth-order valence-corrected chi connectivity index (χ4v) is 2.14. The standard InChI is InChI=1S/C19H29NO3/c1-6-14(2)12-17(21)20-13-16(15-10-8-7-9-11-15)18(22)23-19(3,4)5/h7-11,14,16H,6,12-13H2,1-5H3,(H,20,21). The van der Waals surface area contributed by atoms with Crippen molar-refractivity contribution in [3.05, 3.63) is 35.9 Å².